The summed E-state index contributed by atoms with van der Waals surface area (Å²) in [6, 6.07) is 12.8. The van der Waals surface area contributed by atoms with Gasteiger partial charge in [-0.25, -0.2) is 13.8 Å². The molecule has 5 N–H and O–H groups in total. The summed E-state index contributed by atoms with van der Waals surface area (Å²) in [7, 11) is 0. The van der Waals surface area contributed by atoms with E-state index < -0.39 is 52.5 Å². The number of hydrogen-bond acceptors (Lipinski definition) is 17. The summed E-state index contributed by atoms with van der Waals surface area (Å²) in [5.74, 6) is -3.16. The number of nitriles is 1. The van der Waals surface area contributed by atoms with E-state index in [1.54, 1.807) is 17.4 Å². The van der Waals surface area contributed by atoms with Gasteiger partial charge in [0.15, 0.2) is 11.6 Å². The number of ether oxygens (including phenoxy) is 2. The van der Waals surface area contributed by atoms with Gasteiger partial charge in [-0.05, 0) is 98.4 Å². The van der Waals surface area contributed by atoms with E-state index in [1.165, 1.54) is 4.90 Å². The zero-order chi connectivity index (χ0) is 57.0. The van der Waals surface area contributed by atoms with Crippen molar-refractivity contribution in [2.75, 3.05) is 63.1 Å². The molecule has 0 spiro atoms. The third kappa shape index (κ3) is 11.2. The van der Waals surface area contributed by atoms with Crippen LogP contribution in [0.4, 0.5) is 32.8 Å². The maximum absolute atomic E-state index is 17.3. The molecule has 4 saturated heterocycles. The number of piperidine rings is 1. The molecule has 0 radical (unpaired) electrons. The summed E-state index contributed by atoms with van der Waals surface area (Å²) >= 11 is 2.26. The number of thiophene rings is 1. The number of fused-ring (bicyclic) bond motifs is 4. The molecular weight excluding hydrogens is 1090 g/mol. The molecule has 24 heteroatoms. The van der Waals surface area contributed by atoms with Crippen molar-refractivity contribution in [1.82, 2.24) is 40.5 Å². The number of piperazine rings is 1. The number of nitrogens with one attached hydrogen (secondary N) is 2. The Kier molecular flexibility index (Phi) is 15.7. The van der Waals surface area contributed by atoms with Crippen LogP contribution in [0.25, 0.3) is 42.6 Å². The fourth-order valence-electron chi connectivity index (χ4n) is 11.9. The largest absolute Gasteiger partial charge is 0.475 e. The molecule has 11 rings (SSSR count). The van der Waals surface area contributed by atoms with Crippen molar-refractivity contribution < 1.29 is 50.6 Å². The predicted molar refractivity (Wildman–Crippen MR) is 296 cm³/mol. The normalized spacial score (nSPS) is 20.6. The molecule has 6 atom stereocenters. The molecule has 4 aliphatic heterocycles. The van der Waals surface area contributed by atoms with Gasteiger partial charge in [0, 0.05) is 67.1 Å². The number of likely N-dealkylation sites (tertiary alicyclic amines) is 2. The highest BCUT2D eigenvalue weighted by atomic mass is 32.1. The second-order valence-corrected chi connectivity index (χ2v) is 23.8. The Morgan fingerprint density at radius 1 is 1.01 bits per heavy atom. The molecule has 4 aromatic heterocycles. The second kappa shape index (κ2) is 22.7. The molecule has 7 aromatic rings. The number of nitrogens with two attached hydrogens (primary N) is 1. The molecule has 3 aromatic carbocycles. The van der Waals surface area contributed by atoms with E-state index >= 15 is 22.0 Å². The summed E-state index contributed by atoms with van der Waals surface area (Å²) < 4.78 is 95.7. The van der Waals surface area contributed by atoms with Crippen LogP contribution in [-0.4, -0.2) is 124 Å². The van der Waals surface area contributed by atoms with Crippen LogP contribution in [0.1, 0.15) is 93.0 Å². The van der Waals surface area contributed by atoms with Crippen LogP contribution in [0, 0.1) is 41.7 Å². The maximum atomic E-state index is 17.3. The Labute approximate surface area is 471 Å². The van der Waals surface area contributed by atoms with Gasteiger partial charge in [-0.1, -0.05) is 44.2 Å². The first-order valence-corrected chi connectivity index (χ1v) is 28.8. The van der Waals surface area contributed by atoms with Crippen LogP contribution in [0.2, 0.25) is 0 Å². The number of aromatic nitrogens is 4. The lowest BCUT2D eigenvalue weighted by molar-refractivity contribution is -0.141. The van der Waals surface area contributed by atoms with E-state index in [-0.39, 0.29) is 116 Å². The van der Waals surface area contributed by atoms with Crippen molar-refractivity contribution in [3.8, 4) is 39.5 Å². The molecule has 4 aliphatic rings. The van der Waals surface area contributed by atoms with Crippen LogP contribution in [0.15, 0.2) is 58.6 Å². The van der Waals surface area contributed by atoms with Gasteiger partial charge in [0.05, 0.1) is 50.7 Å². The summed E-state index contributed by atoms with van der Waals surface area (Å²) in [6.07, 6.45) is -2.64. The van der Waals surface area contributed by atoms with Crippen LogP contribution >= 0.6 is 22.7 Å². The average Bonchev–Trinajstić information content (AvgIpc) is 4.46. The van der Waals surface area contributed by atoms with E-state index in [0.29, 0.717) is 50.7 Å². The first-order chi connectivity index (χ1) is 38.8. The number of carbonyl (C=O) groups excluding carboxylic acids is 2. The highest BCUT2D eigenvalue weighted by Gasteiger charge is 2.44. The summed E-state index contributed by atoms with van der Waals surface area (Å²) in [5.41, 5.74) is 7.48. The number of hydrogen-bond donors (Lipinski definition) is 4. The van der Waals surface area contributed by atoms with Crippen molar-refractivity contribution in [3.63, 3.8) is 0 Å². The van der Waals surface area contributed by atoms with Crippen LogP contribution < -0.4 is 30.7 Å². The number of benzene rings is 3. The number of aryl methyl sites for hydroxylation is 1. The molecule has 81 heavy (non-hydrogen) atoms. The van der Waals surface area contributed by atoms with Gasteiger partial charge < -0.3 is 45.3 Å². The number of aliphatic hydroxyl groups is 1. The molecule has 4 fully saturated rings. The number of nitrogen functional groups attached to an aromatic ring is 1. The van der Waals surface area contributed by atoms with E-state index in [2.05, 4.69) is 35.6 Å². The zero-order valence-corrected chi connectivity index (χ0v) is 46.5. The molecule has 0 saturated carbocycles. The summed E-state index contributed by atoms with van der Waals surface area (Å²) in [6.45, 7) is 10.6. The monoisotopic (exact) mass is 1150 g/mol. The number of thiazole rings is 1. The minimum absolute atomic E-state index is 0.00664. The maximum Gasteiger partial charge on any atom is 0.417 e. The first kappa shape index (κ1) is 55.8. The minimum atomic E-state index is -5.09. The standard InChI is InChI=1S/C57H60F5N11O6S2/c1-28(2)45(55(76)73-25-36(74)19-42(73)54(75)66-29(3)32-5-7-33(8-6-32)50-30(4)65-27-80-50)43-21-44(70-79-43)78-26-31-13-15-71(16-14-31)17-18-77-56-68-49-38(53(69-56)72-23-34-9-10-35(24-72)67-34)20-40(57(60,61)62)47(48(49)59)37-11-12-41(58)51-46(37)39(22-63)52(64)81-51/h5-8,11-12,20-21,27-29,31,34-36,42,45,67,74H,9-10,13-19,23-26,64H2,1-4H3,(H,66,75)/t29-,34?,35?,36+,42-,45+/m0/s1. The number of nitrogens with zero attached hydrogens (tertiary/aromatic N) is 8. The first-order valence-electron chi connectivity index (χ1n) is 27.1. The van der Waals surface area contributed by atoms with Gasteiger partial charge in [0.1, 0.15) is 46.8 Å². The number of β-amino-alcohol motifs (C(OH)–C–C–N with tert-alkyl or cyclic N) is 1. The number of carbonyl (C=O) groups is 2. The zero-order valence-electron chi connectivity index (χ0n) is 44.9. The Morgan fingerprint density at radius 2 is 1.75 bits per heavy atom. The molecule has 2 bridgehead atoms. The van der Waals surface area contributed by atoms with Crippen LogP contribution in [-0.2, 0) is 15.8 Å². The quantitative estimate of drug-likeness (QED) is 0.0662. The Bertz CT molecular complexity index is 3530. The van der Waals surface area contributed by atoms with Crippen LogP contribution in [0.3, 0.4) is 0 Å². The second-order valence-electron chi connectivity index (χ2n) is 21.9. The number of alkyl halides is 3. The van der Waals surface area contributed by atoms with E-state index in [1.807, 2.05) is 68.4 Å². The third-order valence-electron chi connectivity index (χ3n) is 16.1. The van der Waals surface area contributed by atoms with Crippen molar-refractivity contribution in [2.45, 2.75) is 102 Å². The lowest BCUT2D eigenvalue weighted by Crippen LogP contribution is -2.51. The molecule has 0 aliphatic carbocycles. The summed E-state index contributed by atoms with van der Waals surface area (Å²) in [5, 5.41) is 30.9. The lowest BCUT2D eigenvalue weighted by atomic mass is 9.91. The minimum Gasteiger partial charge on any atom is -0.475 e. The number of aliphatic hydroxyl groups excluding tert-OH is 1. The Morgan fingerprint density at radius 3 is 2.43 bits per heavy atom. The molecule has 426 valence electrons. The van der Waals surface area contributed by atoms with Gasteiger partial charge in [-0.2, -0.15) is 28.4 Å². The fraction of sp³-hybridized carbons (Fsp3) is 0.456. The molecule has 2 unspecified atom stereocenters. The van der Waals surface area contributed by atoms with Gasteiger partial charge in [-0.3, -0.25) is 14.5 Å². The van der Waals surface area contributed by atoms with Gasteiger partial charge in [0.25, 0.3) is 5.88 Å². The molecule has 2 amide bonds. The Balaban J connectivity index is 0.726. The van der Waals surface area contributed by atoms with Gasteiger partial charge in [-0.15, -0.1) is 22.7 Å². The van der Waals surface area contributed by atoms with Crippen molar-refractivity contribution in [1.29, 1.82) is 5.26 Å². The predicted octanol–water partition coefficient (Wildman–Crippen LogP) is 9.37. The van der Waals surface area contributed by atoms with E-state index in [0.717, 1.165) is 65.6 Å². The third-order valence-corrected chi connectivity index (χ3v) is 18.1. The lowest BCUT2D eigenvalue weighted by Gasteiger charge is -2.34. The molecule has 8 heterocycles. The van der Waals surface area contributed by atoms with Crippen molar-refractivity contribution in [3.05, 3.63) is 93.8 Å². The fourth-order valence-corrected chi connectivity index (χ4v) is 13.7. The average molecular weight is 1150 g/mol. The molecular formula is C57H60F5N11O6S2. The summed E-state index contributed by atoms with van der Waals surface area (Å²) in [4.78, 5) is 48.1. The van der Waals surface area contributed by atoms with Crippen molar-refractivity contribution in [2.24, 2.45) is 11.8 Å². The van der Waals surface area contributed by atoms with Gasteiger partial charge >= 0.3 is 12.2 Å². The van der Waals surface area contributed by atoms with E-state index in [4.69, 9.17) is 19.7 Å². The van der Waals surface area contributed by atoms with E-state index in [9.17, 15) is 20.0 Å². The number of amides is 2. The van der Waals surface area contributed by atoms with Crippen molar-refractivity contribution >= 4 is 66.3 Å². The SMILES string of the molecule is Cc1ncsc1-c1ccc([C@H](C)NC(=O)[C@@H]2C[C@@H](O)CN2C(=O)[C@@H](c2cc(OCC3CCN(CCOc4nc(N5CC6CCC(C5)N6)c5cc(C(F)(F)F)c(-c6ccc(F)c7sc(N)c(C#N)c67)c(F)c5n4)CC3)no2)C(C)C)cc1. The molecule has 17 nitrogen and oxygen atoms in total. The Hall–Kier alpha value is -7.04. The number of halogens is 5. The highest BCUT2D eigenvalue weighted by Crippen LogP contribution is 2.48. The smallest absolute Gasteiger partial charge is 0.417 e. The topological polar surface area (TPSA) is 221 Å². The highest BCUT2D eigenvalue weighted by molar-refractivity contribution is 7.23. The number of anilines is 2. The number of rotatable bonds is 16. The van der Waals surface area contributed by atoms with Crippen LogP contribution in [0.5, 0.6) is 11.9 Å². The van der Waals surface area contributed by atoms with Gasteiger partial charge in [0.2, 0.25) is 11.8 Å².